The van der Waals surface area contributed by atoms with E-state index in [-0.39, 0.29) is 36.9 Å². The third-order valence-electron chi connectivity index (χ3n) is 5.44. The molecular weight excluding hydrogens is 360 g/mol. The van der Waals surface area contributed by atoms with Crippen LogP contribution in [0.3, 0.4) is 0 Å². The van der Waals surface area contributed by atoms with E-state index < -0.39 is 11.2 Å². The van der Waals surface area contributed by atoms with Crippen molar-refractivity contribution in [3.05, 3.63) is 27.2 Å². The molecule has 2 aliphatic heterocycles. The molecule has 2 unspecified atom stereocenters. The van der Waals surface area contributed by atoms with Gasteiger partial charge < -0.3 is 14.8 Å². The highest BCUT2D eigenvalue weighted by atomic mass is 35.5. The molecule has 0 aliphatic carbocycles. The van der Waals surface area contributed by atoms with Crippen molar-refractivity contribution in [3.8, 4) is 0 Å². The molecule has 4 rings (SSSR count). The van der Waals surface area contributed by atoms with Crippen molar-refractivity contribution in [2.75, 3.05) is 13.1 Å². The summed E-state index contributed by atoms with van der Waals surface area (Å²) in [4.78, 5) is 44.2. The predicted octanol–water partition coefficient (Wildman–Crippen LogP) is -0.792. The van der Waals surface area contributed by atoms with Gasteiger partial charge in [0.15, 0.2) is 11.2 Å². The Labute approximate surface area is 156 Å². The van der Waals surface area contributed by atoms with Crippen molar-refractivity contribution >= 4 is 29.5 Å². The monoisotopic (exact) mass is 382 g/mol. The van der Waals surface area contributed by atoms with Gasteiger partial charge in [-0.2, -0.15) is 0 Å². The average Bonchev–Trinajstić information content (AvgIpc) is 3.08. The molecule has 2 fully saturated rings. The fourth-order valence-corrected chi connectivity index (χ4v) is 4.14. The van der Waals surface area contributed by atoms with Crippen LogP contribution in [-0.2, 0) is 25.4 Å². The van der Waals surface area contributed by atoms with E-state index in [4.69, 9.17) is 0 Å². The topological polar surface area (TPSA) is 94.2 Å². The molecule has 2 bridgehead atoms. The largest absolute Gasteiger partial charge is 0.334 e. The Balaban J connectivity index is 0.00000196. The summed E-state index contributed by atoms with van der Waals surface area (Å²) in [7, 11) is 3.27. The Bertz CT molecular complexity index is 947. The number of fused-ring (bicyclic) bond motifs is 3. The minimum absolute atomic E-state index is 0. The summed E-state index contributed by atoms with van der Waals surface area (Å²) in [6.07, 6.45) is 4.37. The number of nitrogens with zero attached hydrogens (tertiary/aromatic N) is 5. The molecule has 2 aromatic heterocycles. The molecule has 9 nitrogen and oxygen atoms in total. The zero-order valence-electron chi connectivity index (χ0n) is 14.8. The van der Waals surface area contributed by atoms with Crippen LogP contribution in [0.25, 0.3) is 11.2 Å². The molecule has 0 aromatic carbocycles. The van der Waals surface area contributed by atoms with E-state index in [1.165, 1.54) is 10.9 Å². The van der Waals surface area contributed by atoms with Crippen molar-refractivity contribution in [1.29, 1.82) is 0 Å². The van der Waals surface area contributed by atoms with Crippen LogP contribution < -0.4 is 16.6 Å². The van der Waals surface area contributed by atoms with Gasteiger partial charge in [-0.15, -0.1) is 12.4 Å². The highest BCUT2D eigenvalue weighted by Crippen LogP contribution is 2.28. The Morgan fingerprint density at radius 1 is 1.23 bits per heavy atom. The molecule has 4 heterocycles. The maximum atomic E-state index is 12.9. The maximum absolute atomic E-state index is 12.9. The molecule has 26 heavy (non-hydrogen) atoms. The second kappa shape index (κ2) is 6.88. The second-order valence-electron chi connectivity index (χ2n) is 6.94. The molecule has 0 saturated carbocycles. The Kier molecular flexibility index (Phi) is 4.94. The average molecular weight is 383 g/mol. The summed E-state index contributed by atoms with van der Waals surface area (Å²) in [5.74, 6) is -0.156. The minimum Gasteiger partial charge on any atom is -0.334 e. The lowest BCUT2D eigenvalue weighted by molar-refractivity contribution is -0.134. The normalized spacial score (nSPS) is 22.3. The molecular formula is C16H23ClN6O3. The number of aromatic nitrogens is 4. The lowest BCUT2D eigenvalue weighted by Gasteiger charge is -2.28. The summed E-state index contributed by atoms with van der Waals surface area (Å²) < 4.78 is 3.93. The smallest absolute Gasteiger partial charge is 0.332 e. The molecule has 2 aromatic rings. The third-order valence-corrected chi connectivity index (χ3v) is 5.44. The highest BCUT2D eigenvalue weighted by Gasteiger charge is 2.38. The van der Waals surface area contributed by atoms with Crippen LogP contribution in [0.1, 0.15) is 19.3 Å². The first kappa shape index (κ1) is 18.7. The molecule has 142 valence electrons. The van der Waals surface area contributed by atoms with Gasteiger partial charge in [-0.25, -0.2) is 14.3 Å². The van der Waals surface area contributed by atoms with Crippen LogP contribution in [-0.4, -0.2) is 54.7 Å². The van der Waals surface area contributed by atoms with Gasteiger partial charge in [0.1, 0.15) is 6.54 Å². The lowest BCUT2D eigenvalue weighted by atomic mass is 10.1. The third kappa shape index (κ3) is 2.75. The van der Waals surface area contributed by atoms with Gasteiger partial charge in [0.2, 0.25) is 5.91 Å². The van der Waals surface area contributed by atoms with Crippen molar-refractivity contribution in [3.63, 3.8) is 0 Å². The van der Waals surface area contributed by atoms with Crippen molar-refractivity contribution in [2.45, 2.75) is 37.9 Å². The van der Waals surface area contributed by atoms with Gasteiger partial charge in [0, 0.05) is 32.7 Å². The molecule has 10 heteroatoms. The number of amides is 1. The molecule has 2 saturated heterocycles. The van der Waals surface area contributed by atoms with Gasteiger partial charge in [-0.1, -0.05) is 0 Å². The first-order valence-corrected chi connectivity index (χ1v) is 8.61. The Morgan fingerprint density at radius 3 is 2.73 bits per heavy atom. The molecule has 2 atom stereocenters. The van der Waals surface area contributed by atoms with Gasteiger partial charge in [0.25, 0.3) is 5.56 Å². The molecule has 0 spiro atoms. The van der Waals surface area contributed by atoms with Crippen LogP contribution in [0.15, 0.2) is 15.9 Å². The SMILES string of the molecule is Cl.Cn1cnc2c1c(=O)n(CC(=O)N1C3CCNCC1CC3)c(=O)n2C. The zero-order valence-corrected chi connectivity index (χ0v) is 15.7. The fraction of sp³-hybridized carbons (Fsp3) is 0.625. The first-order valence-electron chi connectivity index (χ1n) is 8.61. The number of nitrogens with one attached hydrogen (secondary N) is 1. The molecule has 0 radical (unpaired) electrons. The van der Waals surface area contributed by atoms with E-state index in [0.29, 0.717) is 11.2 Å². The first-order chi connectivity index (χ1) is 12.0. The number of hydrogen-bond donors (Lipinski definition) is 1. The standard InChI is InChI=1S/C16H22N6O3.ClH/c1-19-9-18-14-13(19)15(24)21(16(25)20(14)2)8-12(23)22-10-3-4-11(22)7-17-6-5-10;/h9-11,17H,3-8H2,1-2H3;1H. The van der Waals surface area contributed by atoms with Gasteiger partial charge >= 0.3 is 5.69 Å². The van der Waals surface area contributed by atoms with Crippen molar-refractivity contribution in [1.82, 2.24) is 28.9 Å². The van der Waals surface area contributed by atoms with E-state index in [1.807, 2.05) is 4.90 Å². The molecule has 2 aliphatic rings. The number of aryl methyl sites for hydroxylation is 2. The maximum Gasteiger partial charge on any atom is 0.332 e. The van der Waals surface area contributed by atoms with Crippen LogP contribution in [0.5, 0.6) is 0 Å². The number of carbonyl (C=O) groups excluding carboxylic acids is 1. The number of halogens is 1. The zero-order chi connectivity index (χ0) is 17.7. The lowest BCUT2D eigenvalue weighted by Crippen LogP contribution is -2.48. The summed E-state index contributed by atoms with van der Waals surface area (Å²) in [5, 5.41) is 3.35. The van der Waals surface area contributed by atoms with Crippen LogP contribution in [0, 0.1) is 0 Å². The minimum atomic E-state index is -0.509. The van der Waals surface area contributed by atoms with E-state index in [9.17, 15) is 14.4 Å². The number of rotatable bonds is 2. The highest BCUT2D eigenvalue weighted by molar-refractivity contribution is 5.85. The van der Waals surface area contributed by atoms with E-state index in [2.05, 4.69) is 10.3 Å². The second-order valence-corrected chi connectivity index (χ2v) is 6.94. The van der Waals surface area contributed by atoms with Crippen LogP contribution in [0.4, 0.5) is 0 Å². The summed E-state index contributed by atoms with van der Waals surface area (Å²) in [6.45, 7) is 1.45. The summed E-state index contributed by atoms with van der Waals surface area (Å²) in [6, 6.07) is 0.354. The Morgan fingerprint density at radius 2 is 1.96 bits per heavy atom. The van der Waals surface area contributed by atoms with Gasteiger partial charge in [-0.05, 0) is 25.8 Å². The fourth-order valence-electron chi connectivity index (χ4n) is 4.14. The Hall–Kier alpha value is -2.13. The number of carbonyl (C=O) groups is 1. The van der Waals surface area contributed by atoms with E-state index >= 15 is 0 Å². The predicted molar refractivity (Wildman–Crippen MR) is 98.6 cm³/mol. The molecule has 1 amide bonds. The van der Waals surface area contributed by atoms with Gasteiger partial charge in [0.05, 0.1) is 6.33 Å². The van der Waals surface area contributed by atoms with Crippen molar-refractivity contribution < 1.29 is 4.79 Å². The van der Waals surface area contributed by atoms with Crippen LogP contribution >= 0.6 is 12.4 Å². The van der Waals surface area contributed by atoms with Crippen LogP contribution in [0.2, 0.25) is 0 Å². The number of hydrogen-bond acceptors (Lipinski definition) is 5. The summed E-state index contributed by atoms with van der Waals surface area (Å²) in [5.41, 5.74) is -0.313. The van der Waals surface area contributed by atoms with Crippen molar-refractivity contribution in [2.24, 2.45) is 14.1 Å². The summed E-state index contributed by atoms with van der Waals surface area (Å²) >= 11 is 0. The van der Waals surface area contributed by atoms with E-state index in [1.54, 1.807) is 18.7 Å². The van der Waals surface area contributed by atoms with E-state index in [0.717, 1.165) is 36.9 Å². The molecule has 1 N–H and O–H groups in total. The number of imidazole rings is 1. The quantitative estimate of drug-likeness (QED) is 0.734. The van der Waals surface area contributed by atoms with Gasteiger partial charge in [-0.3, -0.25) is 14.2 Å².